The topological polar surface area (TPSA) is 68.3 Å². The highest BCUT2D eigenvalue weighted by Crippen LogP contribution is 2.43. The zero-order valence-electron chi connectivity index (χ0n) is 13.9. The van der Waals surface area contributed by atoms with Gasteiger partial charge in [0, 0.05) is 42.5 Å². The fourth-order valence-electron chi connectivity index (χ4n) is 2.98. The number of ether oxygens (including phenoxy) is 2. The predicted molar refractivity (Wildman–Crippen MR) is 95.0 cm³/mol. The van der Waals surface area contributed by atoms with Crippen molar-refractivity contribution >= 4 is 22.3 Å². The van der Waals surface area contributed by atoms with Gasteiger partial charge in [0.25, 0.3) is 0 Å². The van der Waals surface area contributed by atoms with E-state index in [0.29, 0.717) is 41.6 Å². The Bertz CT molecular complexity index is 961. The zero-order valence-corrected chi connectivity index (χ0v) is 13.9. The lowest BCUT2D eigenvalue weighted by Gasteiger charge is -2.22. The Morgan fingerprint density at radius 2 is 2.04 bits per heavy atom. The molecule has 0 atom stereocenters. The average molecular weight is 340 g/mol. The number of halogens is 1. The first-order valence-electron chi connectivity index (χ1n) is 7.92. The third kappa shape index (κ3) is 2.57. The van der Waals surface area contributed by atoms with Crippen molar-refractivity contribution in [3.05, 3.63) is 36.4 Å². The van der Waals surface area contributed by atoms with Crippen molar-refractivity contribution in [3.63, 3.8) is 0 Å². The van der Waals surface area contributed by atoms with Crippen LogP contribution in [-0.2, 0) is 0 Å². The summed E-state index contributed by atoms with van der Waals surface area (Å²) < 4.78 is 25.8. The number of hydrogen-bond donors (Lipinski definition) is 2. The largest absolute Gasteiger partial charge is 0.494 e. The smallest absolute Gasteiger partial charge is 0.241 e. The number of anilines is 2. The molecule has 0 radical (unpaired) electrons. The van der Waals surface area contributed by atoms with Gasteiger partial charge < -0.3 is 20.1 Å². The number of fused-ring (bicyclic) bond motifs is 2. The van der Waals surface area contributed by atoms with Crippen molar-refractivity contribution in [2.75, 3.05) is 37.9 Å². The first kappa shape index (κ1) is 15.4. The Labute approximate surface area is 144 Å². The Balaban J connectivity index is 1.93. The molecule has 2 N–H and O–H groups in total. The highest BCUT2D eigenvalue weighted by atomic mass is 19.1. The van der Waals surface area contributed by atoms with Crippen molar-refractivity contribution in [3.8, 4) is 22.8 Å². The summed E-state index contributed by atoms with van der Waals surface area (Å²) in [5, 5.41) is 7.80. The lowest BCUT2D eigenvalue weighted by atomic mass is 10.0. The molecule has 128 valence electrons. The number of methoxy groups -OCH3 is 1. The van der Waals surface area contributed by atoms with Gasteiger partial charge in [0.05, 0.1) is 7.11 Å². The van der Waals surface area contributed by atoms with Crippen LogP contribution in [0.15, 0.2) is 30.6 Å². The molecule has 1 aromatic carbocycles. The van der Waals surface area contributed by atoms with Gasteiger partial charge in [-0.25, -0.2) is 14.4 Å². The molecule has 0 fully saturated rings. The highest BCUT2D eigenvalue weighted by molar-refractivity contribution is 5.91. The lowest BCUT2D eigenvalue weighted by Crippen LogP contribution is -2.19. The number of aromatic nitrogens is 2. The number of rotatable bonds is 3. The number of pyridine rings is 2. The summed E-state index contributed by atoms with van der Waals surface area (Å²) in [7, 11) is 3.35. The number of nitrogens with one attached hydrogen (secondary N) is 2. The van der Waals surface area contributed by atoms with E-state index in [0.717, 1.165) is 16.6 Å². The summed E-state index contributed by atoms with van der Waals surface area (Å²) in [6.07, 6.45) is 3.22. The van der Waals surface area contributed by atoms with E-state index >= 15 is 0 Å². The van der Waals surface area contributed by atoms with Crippen molar-refractivity contribution < 1.29 is 13.9 Å². The fourth-order valence-corrected chi connectivity index (χ4v) is 2.98. The Hall–Kier alpha value is -3.09. The quantitative estimate of drug-likeness (QED) is 0.763. The van der Waals surface area contributed by atoms with Crippen LogP contribution < -0.4 is 20.1 Å². The minimum atomic E-state index is -0.358. The first-order chi connectivity index (χ1) is 12.2. The van der Waals surface area contributed by atoms with Gasteiger partial charge in [-0.05, 0) is 23.6 Å². The van der Waals surface area contributed by atoms with Crippen LogP contribution in [-0.4, -0.2) is 37.3 Å². The van der Waals surface area contributed by atoms with E-state index in [2.05, 4.69) is 20.6 Å². The van der Waals surface area contributed by atoms with Crippen molar-refractivity contribution in [2.45, 2.75) is 0 Å². The van der Waals surface area contributed by atoms with Crippen LogP contribution in [0.2, 0.25) is 0 Å². The molecule has 7 heteroatoms. The highest BCUT2D eigenvalue weighted by Gasteiger charge is 2.22. The Morgan fingerprint density at radius 3 is 2.84 bits per heavy atom. The molecule has 0 unspecified atom stereocenters. The normalized spacial score (nSPS) is 12.9. The minimum absolute atomic E-state index is 0.358. The van der Waals surface area contributed by atoms with E-state index in [1.54, 1.807) is 32.6 Å². The second kappa shape index (κ2) is 6.08. The molecule has 4 rings (SSSR count). The second-order valence-corrected chi connectivity index (χ2v) is 5.66. The van der Waals surface area contributed by atoms with E-state index in [4.69, 9.17) is 9.47 Å². The van der Waals surface area contributed by atoms with Crippen LogP contribution in [0.3, 0.4) is 0 Å². The predicted octanol–water partition coefficient (Wildman–Crippen LogP) is 3.29. The molecule has 0 amide bonds. The van der Waals surface area contributed by atoms with Crippen molar-refractivity contribution in [1.29, 1.82) is 0 Å². The van der Waals surface area contributed by atoms with Crippen LogP contribution in [0.1, 0.15) is 0 Å². The van der Waals surface area contributed by atoms with Gasteiger partial charge in [-0.3, -0.25) is 0 Å². The van der Waals surface area contributed by atoms with Crippen LogP contribution in [0.25, 0.3) is 21.9 Å². The monoisotopic (exact) mass is 340 g/mol. The Morgan fingerprint density at radius 1 is 1.16 bits per heavy atom. The van der Waals surface area contributed by atoms with Gasteiger partial charge in [0.1, 0.15) is 23.9 Å². The van der Waals surface area contributed by atoms with Gasteiger partial charge in [0.15, 0.2) is 5.75 Å². The molecule has 3 heterocycles. The first-order valence-corrected chi connectivity index (χ1v) is 7.92. The van der Waals surface area contributed by atoms with Gasteiger partial charge in [-0.2, -0.15) is 0 Å². The van der Waals surface area contributed by atoms with Crippen LogP contribution in [0.4, 0.5) is 15.9 Å². The van der Waals surface area contributed by atoms with Gasteiger partial charge >= 0.3 is 0 Å². The molecule has 25 heavy (non-hydrogen) atoms. The van der Waals surface area contributed by atoms with Crippen LogP contribution >= 0.6 is 0 Å². The molecule has 0 bridgehead atoms. The SMILES string of the molecule is CNc1cc2cc(-c3cnc4c(c3OC)NCCO4)c(F)cc2cn1. The van der Waals surface area contributed by atoms with Crippen LogP contribution in [0, 0.1) is 5.82 Å². The summed E-state index contributed by atoms with van der Waals surface area (Å²) in [4.78, 5) is 8.52. The van der Waals surface area contributed by atoms with Gasteiger partial charge in [0.2, 0.25) is 5.88 Å². The van der Waals surface area contributed by atoms with Gasteiger partial charge in [-0.1, -0.05) is 0 Å². The average Bonchev–Trinajstić information content (AvgIpc) is 2.66. The summed E-state index contributed by atoms with van der Waals surface area (Å²) in [6, 6.07) is 5.13. The third-order valence-electron chi connectivity index (χ3n) is 4.20. The molecule has 0 saturated heterocycles. The molecule has 6 nitrogen and oxygen atoms in total. The molecule has 0 saturated carbocycles. The maximum absolute atomic E-state index is 14.8. The molecular formula is C18H17FN4O2. The van der Waals surface area contributed by atoms with Crippen molar-refractivity contribution in [2.24, 2.45) is 0 Å². The standard InChI is InChI=1S/C18H17FN4O2/c1-20-15-7-10-5-12(14(19)6-11(10)8-22-15)13-9-23-18-16(17(13)24-2)21-3-4-25-18/h5-9,21H,3-4H2,1-2H3,(H,20,22). The molecule has 0 spiro atoms. The lowest BCUT2D eigenvalue weighted by molar-refractivity contribution is 0.306. The van der Waals surface area contributed by atoms with E-state index in [1.165, 1.54) is 6.07 Å². The number of hydrogen-bond acceptors (Lipinski definition) is 6. The summed E-state index contributed by atoms with van der Waals surface area (Å²) in [5.41, 5.74) is 1.64. The molecular weight excluding hydrogens is 323 g/mol. The summed E-state index contributed by atoms with van der Waals surface area (Å²) in [5.74, 6) is 1.35. The summed E-state index contributed by atoms with van der Waals surface area (Å²) >= 11 is 0. The van der Waals surface area contributed by atoms with Crippen LogP contribution in [0.5, 0.6) is 11.6 Å². The molecule has 3 aromatic rings. The zero-order chi connectivity index (χ0) is 17.4. The molecule has 1 aliphatic heterocycles. The molecule has 1 aliphatic rings. The maximum Gasteiger partial charge on any atom is 0.241 e. The fraction of sp³-hybridized carbons (Fsp3) is 0.222. The van der Waals surface area contributed by atoms with E-state index in [1.807, 2.05) is 6.07 Å². The number of nitrogens with zero attached hydrogens (tertiary/aromatic N) is 2. The number of benzene rings is 1. The van der Waals surface area contributed by atoms with Crippen molar-refractivity contribution in [1.82, 2.24) is 9.97 Å². The van der Waals surface area contributed by atoms with E-state index < -0.39 is 0 Å². The Kier molecular flexibility index (Phi) is 3.76. The maximum atomic E-state index is 14.8. The van der Waals surface area contributed by atoms with E-state index in [9.17, 15) is 4.39 Å². The third-order valence-corrected chi connectivity index (χ3v) is 4.20. The minimum Gasteiger partial charge on any atom is -0.494 e. The molecule has 2 aromatic heterocycles. The second-order valence-electron chi connectivity index (χ2n) is 5.66. The van der Waals surface area contributed by atoms with Gasteiger partial charge in [-0.15, -0.1) is 0 Å². The van der Waals surface area contributed by atoms with E-state index in [-0.39, 0.29) is 5.82 Å². The summed E-state index contributed by atoms with van der Waals surface area (Å²) in [6.45, 7) is 1.18. The molecule has 0 aliphatic carbocycles.